The number of hydrogen-bond acceptors (Lipinski definition) is 5. The second-order valence-corrected chi connectivity index (χ2v) is 11.8. The predicted molar refractivity (Wildman–Crippen MR) is 143 cm³/mol. The number of carbonyl (C=O) groups is 2. The Morgan fingerprint density at radius 1 is 1.15 bits per heavy atom. The second kappa shape index (κ2) is 11.1. The van der Waals surface area contributed by atoms with Crippen molar-refractivity contribution in [2.24, 2.45) is 5.92 Å². The fourth-order valence-electron chi connectivity index (χ4n) is 4.83. The van der Waals surface area contributed by atoms with E-state index in [2.05, 4.69) is 10.3 Å². The van der Waals surface area contributed by atoms with Gasteiger partial charge in [0.25, 0.3) is 0 Å². The summed E-state index contributed by atoms with van der Waals surface area (Å²) in [6.45, 7) is 5.39. The second-order valence-electron chi connectivity index (χ2n) is 11.0. The molecule has 1 N–H and O–H groups in total. The average molecular weight is 587 g/mol. The van der Waals surface area contributed by atoms with Crippen molar-refractivity contribution >= 4 is 40.7 Å². The molecule has 2 aromatic rings. The van der Waals surface area contributed by atoms with Gasteiger partial charge in [-0.1, -0.05) is 29.3 Å². The molecule has 1 unspecified atom stereocenters. The van der Waals surface area contributed by atoms with Crippen molar-refractivity contribution in [2.75, 3.05) is 32.1 Å². The van der Waals surface area contributed by atoms with E-state index in [0.29, 0.717) is 33.5 Å². The van der Waals surface area contributed by atoms with Crippen LogP contribution in [0.2, 0.25) is 10.0 Å². The van der Waals surface area contributed by atoms with Gasteiger partial charge < -0.3 is 19.9 Å². The number of hydrogen-bond donors (Lipinski definition) is 1. The van der Waals surface area contributed by atoms with Gasteiger partial charge in [0.05, 0.1) is 39.1 Å². The zero-order valence-corrected chi connectivity index (χ0v) is 23.6. The molecule has 0 radical (unpaired) electrons. The maximum Gasteiger partial charge on any atom is 0.414 e. The van der Waals surface area contributed by atoms with Crippen LogP contribution in [-0.4, -0.2) is 71.2 Å². The fraction of sp³-hybridized carbons (Fsp3) is 0.519. The van der Waals surface area contributed by atoms with Crippen LogP contribution < -0.4 is 5.32 Å². The number of pyridine rings is 1. The molecule has 7 nitrogen and oxygen atoms in total. The summed E-state index contributed by atoms with van der Waals surface area (Å²) in [5.41, 5.74) is 1.79. The molecule has 2 atom stereocenters. The van der Waals surface area contributed by atoms with E-state index in [1.165, 1.54) is 23.2 Å². The number of alkyl halides is 3. The summed E-state index contributed by atoms with van der Waals surface area (Å²) >= 11 is 12.4. The smallest absolute Gasteiger partial charge is 0.380 e. The standard InChI is InChI=1S/C27H31Cl2F3N4O3/c1-26(2,3)39-14-22(37)36-12-16(13-36)25(38)35(4)24(27(30,31)32)21-8-6-17(11-33-21)34-18-9-15-5-7-20(28)23(29)19(15)10-18/h5-8,11,16,18,24,34H,9-10,12-14H2,1-4H3/t18?,24-/m0/s1. The lowest BCUT2D eigenvalue weighted by Gasteiger charge is -2.41. The van der Waals surface area contributed by atoms with Gasteiger partial charge in [-0.15, -0.1) is 0 Å². The Hall–Kier alpha value is -2.56. The van der Waals surface area contributed by atoms with Gasteiger partial charge in [-0.05, 0) is 62.9 Å². The first kappa shape index (κ1) is 29.4. The molecule has 1 aromatic carbocycles. The highest BCUT2D eigenvalue weighted by Crippen LogP contribution is 2.38. The van der Waals surface area contributed by atoms with Gasteiger partial charge in [-0.25, -0.2) is 0 Å². The molecule has 2 amide bonds. The van der Waals surface area contributed by atoms with Crippen LogP contribution >= 0.6 is 23.2 Å². The number of aromatic nitrogens is 1. The van der Waals surface area contributed by atoms with Crippen LogP contribution in [0.5, 0.6) is 0 Å². The monoisotopic (exact) mass is 586 g/mol. The van der Waals surface area contributed by atoms with E-state index in [4.69, 9.17) is 27.9 Å². The van der Waals surface area contributed by atoms with Crippen LogP contribution in [0.25, 0.3) is 0 Å². The fourth-order valence-corrected chi connectivity index (χ4v) is 5.27. The van der Waals surface area contributed by atoms with Crippen molar-refractivity contribution in [1.82, 2.24) is 14.8 Å². The number of fused-ring (bicyclic) bond motifs is 1. The van der Waals surface area contributed by atoms with Crippen LogP contribution in [0.3, 0.4) is 0 Å². The zero-order chi connectivity index (χ0) is 28.7. The van der Waals surface area contributed by atoms with Gasteiger partial charge in [0.15, 0.2) is 6.04 Å². The molecule has 1 aromatic heterocycles. The Balaban J connectivity index is 1.38. The van der Waals surface area contributed by atoms with Crippen molar-refractivity contribution in [3.05, 3.63) is 57.3 Å². The molecule has 12 heteroatoms. The van der Waals surface area contributed by atoms with E-state index >= 15 is 0 Å². The third-order valence-electron chi connectivity index (χ3n) is 6.90. The highest BCUT2D eigenvalue weighted by atomic mass is 35.5. The molecule has 1 fully saturated rings. The summed E-state index contributed by atoms with van der Waals surface area (Å²) in [6, 6.07) is 4.24. The van der Waals surface area contributed by atoms with Gasteiger partial charge >= 0.3 is 6.18 Å². The first-order chi connectivity index (χ1) is 18.1. The van der Waals surface area contributed by atoms with Gasteiger partial charge in [-0.2, -0.15) is 13.2 Å². The van der Waals surface area contributed by atoms with E-state index < -0.39 is 29.6 Å². The van der Waals surface area contributed by atoms with Gasteiger partial charge in [0.1, 0.15) is 6.61 Å². The summed E-state index contributed by atoms with van der Waals surface area (Å²) in [4.78, 5) is 31.3. The Kier molecular flexibility index (Phi) is 8.40. The number of rotatable bonds is 7. The molecule has 2 aliphatic rings. The molecule has 2 heterocycles. The van der Waals surface area contributed by atoms with E-state index in [9.17, 15) is 22.8 Å². The summed E-state index contributed by atoms with van der Waals surface area (Å²) < 4.78 is 47.8. The summed E-state index contributed by atoms with van der Waals surface area (Å²) in [5, 5.41) is 4.29. The predicted octanol–water partition coefficient (Wildman–Crippen LogP) is 5.30. The minimum atomic E-state index is -4.74. The number of carbonyl (C=O) groups excluding carboxylic acids is 2. The molecule has 212 valence electrons. The van der Waals surface area contributed by atoms with E-state index in [-0.39, 0.29) is 37.3 Å². The highest BCUT2D eigenvalue weighted by molar-refractivity contribution is 6.42. The molecule has 4 rings (SSSR count). The average Bonchev–Trinajstić information content (AvgIpc) is 3.22. The molecular weight excluding hydrogens is 556 g/mol. The largest absolute Gasteiger partial charge is 0.414 e. The van der Waals surface area contributed by atoms with Crippen LogP contribution in [0.15, 0.2) is 30.5 Å². The van der Waals surface area contributed by atoms with Crippen molar-refractivity contribution in [3.8, 4) is 0 Å². The minimum Gasteiger partial charge on any atom is -0.380 e. The molecule has 0 saturated carbocycles. The third kappa shape index (κ3) is 6.78. The zero-order valence-electron chi connectivity index (χ0n) is 22.1. The van der Waals surface area contributed by atoms with E-state index in [1.54, 1.807) is 6.07 Å². The SMILES string of the molecule is CN(C(=O)C1CN(C(=O)COC(C)(C)C)C1)[C@@H](c1ccc(NC2Cc3ccc(Cl)c(Cl)c3C2)cn1)C(F)(F)F. The van der Waals surface area contributed by atoms with Gasteiger partial charge in [0.2, 0.25) is 11.8 Å². The summed E-state index contributed by atoms with van der Waals surface area (Å²) in [7, 11) is 1.12. The molecule has 39 heavy (non-hydrogen) atoms. The lowest BCUT2D eigenvalue weighted by Crippen LogP contribution is -2.58. The Labute approximate surface area is 235 Å². The number of anilines is 1. The van der Waals surface area contributed by atoms with Crippen molar-refractivity contribution in [2.45, 2.75) is 57.5 Å². The van der Waals surface area contributed by atoms with Gasteiger partial charge in [0, 0.05) is 26.2 Å². The third-order valence-corrected chi connectivity index (χ3v) is 7.75. The maximum absolute atomic E-state index is 14.1. The normalized spacial score (nSPS) is 18.4. The van der Waals surface area contributed by atoms with Crippen LogP contribution in [0.1, 0.15) is 43.6 Å². The topological polar surface area (TPSA) is 74.8 Å². The lowest BCUT2D eigenvalue weighted by molar-refractivity contribution is -0.193. The Morgan fingerprint density at radius 3 is 2.44 bits per heavy atom. The summed E-state index contributed by atoms with van der Waals surface area (Å²) in [6.07, 6.45) is -2.08. The number of nitrogens with one attached hydrogen (secondary N) is 1. The lowest BCUT2D eigenvalue weighted by atomic mass is 9.97. The molecule has 1 saturated heterocycles. The maximum atomic E-state index is 14.1. The molecule has 1 aliphatic carbocycles. The highest BCUT2D eigenvalue weighted by Gasteiger charge is 2.49. The molecule has 0 spiro atoms. The molecular formula is C27H31Cl2F3N4O3. The van der Waals surface area contributed by atoms with E-state index in [1.807, 2.05) is 26.8 Å². The van der Waals surface area contributed by atoms with E-state index in [0.717, 1.165) is 18.2 Å². The number of halogens is 5. The first-order valence-electron chi connectivity index (χ1n) is 12.6. The van der Waals surface area contributed by atoms with Gasteiger partial charge in [-0.3, -0.25) is 14.6 Å². The quantitative estimate of drug-likeness (QED) is 0.476. The van der Waals surface area contributed by atoms with Crippen molar-refractivity contribution < 1.29 is 27.5 Å². The molecule has 1 aliphatic heterocycles. The number of amides is 2. The number of nitrogens with zero attached hydrogens (tertiary/aromatic N) is 3. The number of likely N-dealkylation sites (tertiary alicyclic amines) is 1. The van der Waals surface area contributed by atoms with Crippen molar-refractivity contribution in [1.29, 1.82) is 0 Å². The number of ether oxygens (including phenoxy) is 1. The number of benzene rings is 1. The van der Waals surface area contributed by atoms with Crippen LogP contribution in [0, 0.1) is 5.92 Å². The Bertz CT molecular complexity index is 1230. The first-order valence-corrected chi connectivity index (χ1v) is 13.3. The minimum absolute atomic E-state index is 0.00986. The summed E-state index contributed by atoms with van der Waals surface area (Å²) in [5.74, 6) is -1.71. The van der Waals surface area contributed by atoms with Crippen LogP contribution in [-0.2, 0) is 27.2 Å². The molecule has 0 bridgehead atoms. The Morgan fingerprint density at radius 2 is 1.85 bits per heavy atom. The van der Waals surface area contributed by atoms with Crippen LogP contribution in [0.4, 0.5) is 18.9 Å². The van der Waals surface area contributed by atoms with Crippen molar-refractivity contribution in [3.63, 3.8) is 0 Å².